The standard InChI is InChI=1S/C9H10FNS/c1-6-4-8-9(5-7(6)10)12-3-2-11-8/h4-5,11H,2-3H2,1H3. The number of rotatable bonds is 0. The van der Waals surface area contributed by atoms with Crippen molar-refractivity contribution < 1.29 is 4.39 Å². The molecule has 12 heavy (non-hydrogen) atoms. The van der Waals surface area contributed by atoms with Gasteiger partial charge in [0.2, 0.25) is 0 Å². The van der Waals surface area contributed by atoms with E-state index in [-0.39, 0.29) is 5.82 Å². The first-order chi connectivity index (χ1) is 5.77. The molecule has 0 fully saturated rings. The zero-order valence-electron chi connectivity index (χ0n) is 6.86. The molecule has 1 aliphatic heterocycles. The zero-order chi connectivity index (χ0) is 8.55. The monoisotopic (exact) mass is 183 g/mol. The van der Waals surface area contributed by atoms with Gasteiger partial charge in [-0.3, -0.25) is 0 Å². The molecule has 1 N–H and O–H groups in total. The van der Waals surface area contributed by atoms with Gasteiger partial charge in [-0.05, 0) is 24.6 Å². The maximum Gasteiger partial charge on any atom is 0.127 e. The number of hydrogen-bond acceptors (Lipinski definition) is 2. The lowest BCUT2D eigenvalue weighted by atomic mass is 10.2. The van der Waals surface area contributed by atoms with Gasteiger partial charge in [0.25, 0.3) is 0 Å². The Balaban J connectivity index is 2.49. The molecule has 1 aromatic carbocycles. The van der Waals surface area contributed by atoms with Crippen LogP contribution in [0.3, 0.4) is 0 Å². The van der Waals surface area contributed by atoms with Gasteiger partial charge in [0.05, 0.1) is 0 Å². The lowest BCUT2D eigenvalue weighted by Gasteiger charge is -2.17. The highest BCUT2D eigenvalue weighted by Gasteiger charge is 2.11. The van der Waals surface area contributed by atoms with Crippen molar-refractivity contribution in [3.63, 3.8) is 0 Å². The molecule has 0 aromatic heterocycles. The van der Waals surface area contributed by atoms with Gasteiger partial charge >= 0.3 is 0 Å². The lowest BCUT2D eigenvalue weighted by molar-refractivity contribution is 0.615. The van der Waals surface area contributed by atoms with Crippen LogP contribution in [0.25, 0.3) is 0 Å². The minimum Gasteiger partial charge on any atom is -0.383 e. The van der Waals surface area contributed by atoms with Crippen LogP contribution >= 0.6 is 11.8 Å². The zero-order valence-corrected chi connectivity index (χ0v) is 7.67. The topological polar surface area (TPSA) is 12.0 Å². The van der Waals surface area contributed by atoms with Crippen LogP contribution in [0.15, 0.2) is 17.0 Å². The minimum atomic E-state index is -0.107. The Morgan fingerprint density at radius 1 is 1.50 bits per heavy atom. The van der Waals surface area contributed by atoms with E-state index in [9.17, 15) is 4.39 Å². The fourth-order valence-corrected chi connectivity index (χ4v) is 2.16. The molecule has 0 saturated carbocycles. The molecule has 0 amide bonds. The van der Waals surface area contributed by atoms with Crippen LogP contribution in [-0.4, -0.2) is 12.3 Å². The third kappa shape index (κ3) is 1.29. The number of aryl methyl sites for hydroxylation is 1. The van der Waals surface area contributed by atoms with Crippen molar-refractivity contribution in [2.45, 2.75) is 11.8 Å². The molecule has 2 rings (SSSR count). The van der Waals surface area contributed by atoms with E-state index in [2.05, 4.69) is 5.32 Å². The Hall–Kier alpha value is -0.700. The summed E-state index contributed by atoms with van der Waals surface area (Å²) in [6.45, 7) is 2.76. The van der Waals surface area contributed by atoms with Crippen molar-refractivity contribution in [1.82, 2.24) is 0 Å². The maximum atomic E-state index is 13.1. The molecule has 0 aliphatic carbocycles. The van der Waals surface area contributed by atoms with E-state index in [1.54, 1.807) is 24.8 Å². The lowest BCUT2D eigenvalue weighted by Crippen LogP contribution is -2.10. The van der Waals surface area contributed by atoms with Gasteiger partial charge in [0.1, 0.15) is 5.82 Å². The molecule has 0 spiro atoms. The number of hydrogen-bond donors (Lipinski definition) is 1. The van der Waals surface area contributed by atoms with E-state index in [1.807, 2.05) is 6.07 Å². The smallest absolute Gasteiger partial charge is 0.127 e. The quantitative estimate of drug-likeness (QED) is 0.663. The average Bonchev–Trinajstić information content (AvgIpc) is 2.07. The maximum absolute atomic E-state index is 13.1. The molecule has 1 aromatic rings. The second-order valence-corrected chi connectivity index (χ2v) is 4.01. The number of anilines is 1. The van der Waals surface area contributed by atoms with Gasteiger partial charge in [-0.2, -0.15) is 0 Å². The van der Waals surface area contributed by atoms with Gasteiger partial charge < -0.3 is 5.32 Å². The molecule has 0 unspecified atom stereocenters. The van der Waals surface area contributed by atoms with E-state index in [1.165, 1.54) is 0 Å². The van der Waals surface area contributed by atoms with Crippen LogP contribution in [0.5, 0.6) is 0 Å². The highest BCUT2D eigenvalue weighted by atomic mass is 32.2. The Bertz CT molecular complexity index is 281. The molecule has 1 aliphatic rings. The van der Waals surface area contributed by atoms with Crippen molar-refractivity contribution in [2.75, 3.05) is 17.6 Å². The highest BCUT2D eigenvalue weighted by molar-refractivity contribution is 7.99. The third-order valence-electron chi connectivity index (χ3n) is 1.94. The molecular formula is C9H10FNS. The number of halogens is 1. The molecule has 3 heteroatoms. The molecule has 1 nitrogen and oxygen atoms in total. The molecule has 0 bridgehead atoms. The summed E-state index contributed by atoms with van der Waals surface area (Å²) in [5.41, 5.74) is 1.79. The Morgan fingerprint density at radius 3 is 3.17 bits per heavy atom. The third-order valence-corrected chi connectivity index (χ3v) is 2.99. The van der Waals surface area contributed by atoms with Crippen LogP contribution in [0.4, 0.5) is 10.1 Å². The van der Waals surface area contributed by atoms with E-state index >= 15 is 0 Å². The number of thioether (sulfide) groups is 1. The predicted molar refractivity (Wildman–Crippen MR) is 50.4 cm³/mol. The highest BCUT2D eigenvalue weighted by Crippen LogP contribution is 2.32. The van der Waals surface area contributed by atoms with Crippen molar-refractivity contribution in [3.05, 3.63) is 23.5 Å². The summed E-state index contributed by atoms with van der Waals surface area (Å²) in [4.78, 5) is 1.03. The van der Waals surface area contributed by atoms with Gasteiger partial charge in [0.15, 0.2) is 0 Å². The first kappa shape index (κ1) is 7.92. The van der Waals surface area contributed by atoms with Gasteiger partial charge in [-0.15, -0.1) is 11.8 Å². The summed E-state index contributed by atoms with van der Waals surface area (Å²) >= 11 is 1.71. The summed E-state index contributed by atoms with van der Waals surface area (Å²) in [5.74, 6) is 0.917. The Morgan fingerprint density at radius 2 is 2.33 bits per heavy atom. The first-order valence-electron chi connectivity index (χ1n) is 3.94. The van der Waals surface area contributed by atoms with E-state index < -0.39 is 0 Å². The minimum absolute atomic E-state index is 0.107. The molecular weight excluding hydrogens is 173 g/mol. The molecule has 0 saturated heterocycles. The van der Waals surface area contributed by atoms with E-state index in [0.29, 0.717) is 5.56 Å². The van der Waals surface area contributed by atoms with E-state index in [0.717, 1.165) is 22.9 Å². The van der Waals surface area contributed by atoms with Gasteiger partial charge in [0, 0.05) is 22.9 Å². The van der Waals surface area contributed by atoms with Crippen LogP contribution in [0, 0.1) is 12.7 Å². The summed E-state index contributed by atoms with van der Waals surface area (Å²) in [6.07, 6.45) is 0. The largest absolute Gasteiger partial charge is 0.383 e. The average molecular weight is 183 g/mol. The van der Waals surface area contributed by atoms with Crippen LogP contribution in [0.1, 0.15) is 5.56 Å². The molecule has 0 radical (unpaired) electrons. The summed E-state index contributed by atoms with van der Waals surface area (Å²) < 4.78 is 13.1. The van der Waals surface area contributed by atoms with Crippen LogP contribution in [-0.2, 0) is 0 Å². The summed E-state index contributed by atoms with van der Waals surface area (Å²) in [5, 5.41) is 3.24. The van der Waals surface area contributed by atoms with Crippen molar-refractivity contribution in [2.24, 2.45) is 0 Å². The van der Waals surface area contributed by atoms with Crippen molar-refractivity contribution >= 4 is 17.4 Å². The number of benzene rings is 1. The number of nitrogens with one attached hydrogen (secondary N) is 1. The van der Waals surface area contributed by atoms with Crippen molar-refractivity contribution in [1.29, 1.82) is 0 Å². The normalized spacial score (nSPS) is 15.2. The second kappa shape index (κ2) is 2.98. The Labute approximate surface area is 75.4 Å². The summed E-state index contributed by atoms with van der Waals surface area (Å²) in [6, 6.07) is 3.48. The SMILES string of the molecule is Cc1cc2c(cc1F)SCCN2. The fraction of sp³-hybridized carbons (Fsp3) is 0.333. The number of fused-ring (bicyclic) bond motifs is 1. The molecule has 64 valence electrons. The molecule has 0 atom stereocenters. The fourth-order valence-electron chi connectivity index (χ4n) is 1.27. The Kier molecular flexibility index (Phi) is 1.97. The molecule has 1 heterocycles. The van der Waals surface area contributed by atoms with Crippen LogP contribution in [0.2, 0.25) is 0 Å². The van der Waals surface area contributed by atoms with Gasteiger partial charge in [-0.25, -0.2) is 4.39 Å². The van der Waals surface area contributed by atoms with Gasteiger partial charge in [-0.1, -0.05) is 0 Å². The summed E-state index contributed by atoms with van der Waals surface area (Å²) in [7, 11) is 0. The predicted octanol–water partition coefficient (Wildman–Crippen LogP) is 2.65. The second-order valence-electron chi connectivity index (χ2n) is 2.87. The van der Waals surface area contributed by atoms with Crippen molar-refractivity contribution in [3.8, 4) is 0 Å². The van der Waals surface area contributed by atoms with Crippen LogP contribution < -0.4 is 5.32 Å². The first-order valence-corrected chi connectivity index (χ1v) is 4.93. The van der Waals surface area contributed by atoms with E-state index in [4.69, 9.17) is 0 Å².